The van der Waals surface area contributed by atoms with Gasteiger partial charge in [-0.15, -0.1) is 11.8 Å². The van der Waals surface area contributed by atoms with Crippen LogP contribution in [-0.2, 0) is 20.9 Å². The van der Waals surface area contributed by atoms with E-state index in [9.17, 15) is 19.5 Å². The number of hydrogen-bond donors (Lipinski definition) is 3. The van der Waals surface area contributed by atoms with Crippen LogP contribution in [0.25, 0.3) is 0 Å². The van der Waals surface area contributed by atoms with Gasteiger partial charge >= 0.3 is 0 Å². The smallest absolute Gasteiger partial charge is 0.248 e. The van der Waals surface area contributed by atoms with E-state index >= 15 is 0 Å². The quantitative estimate of drug-likeness (QED) is 0.354. The molecule has 7 nitrogen and oxygen atoms in total. The molecular formula is C29H33BrClN3O4S. The van der Waals surface area contributed by atoms with Gasteiger partial charge in [-0.1, -0.05) is 78.1 Å². The average molecular weight is 635 g/mol. The van der Waals surface area contributed by atoms with Crippen molar-refractivity contribution >= 4 is 62.7 Å². The van der Waals surface area contributed by atoms with E-state index in [0.717, 1.165) is 12.0 Å². The first-order valence-corrected chi connectivity index (χ1v) is 15.5. The van der Waals surface area contributed by atoms with Crippen LogP contribution in [0.15, 0.2) is 54.6 Å². The van der Waals surface area contributed by atoms with E-state index in [1.807, 2.05) is 44.2 Å². The maximum Gasteiger partial charge on any atom is 0.248 e. The van der Waals surface area contributed by atoms with Crippen LogP contribution in [0.4, 0.5) is 5.69 Å². The Kier molecular flexibility index (Phi) is 8.34. The summed E-state index contributed by atoms with van der Waals surface area (Å²) in [7, 11) is 0. The lowest BCUT2D eigenvalue weighted by Crippen LogP contribution is -2.56. The van der Waals surface area contributed by atoms with Gasteiger partial charge in [0.25, 0.3) is 0 Å². The number of fused-ring (bicyclic) bond motifs is 1. The summed E-state index contributed by atoms with van der Waals surface area (Å²) in [6.45, 7) is 4.09. The van der Waals surface area contributed by atoms with Gasteiger partial charge in [0.05, 0.1) is 29.2 Å². The van der Waals surface area contributed by atoms with Gasteiger partial charge in [0.1, 0.15) is 6.04 Å². The summed E-state index contributed by atoms with van der Waals surface area (Å²) in [6.07, 6.45) is 1.31. The van der Waals surface area contributed by atoms with Crippen molar-refractivity contribution in [1.82, 2.24) is 10.2 Å². The van der Waals surface area contributed by atoms with E-state index in [4.69, 9.17) is 11.6 Å². The molecule has 2 aromatic carbocycles. The fraction of sp³-hybridized carbons (Fsp3) is 0.483. The van der Waals surface area contributed by atoms with Gasteiger partial charge in [-0.05, 0) is 42.2 Å². The lowest BCUT2D eigenvalue weighted by molar-refractivity contribution is -0.143. The van der Waals surface area contributed by atoms with E-state index in [0.29, 0.717) is 23.7 Å². The van der Waals surface area contributed by atoms with Crippen LogP contribution in [0.3, 0.4) is 0 Å². The van der Waals surface area contributed by atoms with Crippen LogP contribution in [0.1, 0.15) is 32.3 Å². The number of benzene rings is 2. The summed E-state index contributed by atoms with van der Waals surface area (Å²) in [5, 5.41) is 16.9. The van der Waals surface area contributed by atoms with Crippen molar-refractivity contribution in [3.8, 4) is 0 Å². The summed E-state index contributed by atoms with van der Waals surface area (Å²) in [5.41, 5.74) is 1.55. The molecule has 39 heavy (non-hydrogen) atoms. The summed E-state index contributed by atoms with van der Waals surface area (Å²) in [6, 6.07) is 15.1. The second kappa shape index (κ2) is 11.4. The highest BCUT2D eigenvalue weighted by molar-refractivity contribution is 9.09. The number of thioether (sulfide) groups is 1. The number of amides is 3. The minimum Gasteiger partial charge on any atom is -0.394 e. The summed E-state index contributed by atoms with van der Waals surface area (Å²) in [4.78, 5) is 43.6. The third kappa shape index (κ3) is 5.00. The molecular weight excluding hydrogens is 602 g/mol. The Morgan fingerprint density at radius 2 is 1.87 bits per heavy atom. The minimum absolute atomic E-state index is 0.0269. The minimum atomic E-state index is -0.834. The average Bonchev–Trinajstić information content (AvgIpc) is 3.53. The van der Waals surface area contributed by atoms with Crippen molar-refractivity contribution < 1.29 is 19.5 Å². The van der Waals surface area contributed by atoms with Crippen molar-refractivity contribution in [1.29, 1.82) is 0 Å². The van der Waals surface area contributed by atoms with Gasteiger partial charge in [-0.2, -0.15) is 0 Å². The van der Waals surface area contributed by atoms with Crippen LogP contribution in [0.5, 0.6) is 0 Å². The van der Waals surface area contributed by atoms with Crippen molar-refractivity contribution in [3.05, 3.63) is 65.2 Å². The first-order chi connectivity index (χ1) is 18.7. The number of alkyl halides is 1. The molecule has 1 spiro atoms. The predicted molar refractivity (Wildman–Crippen MR) is 158 cm³/mol. The zero-order valence-electron chi connectivity index (χ0n) is 21.8. The Labute approximate surface area is 246 Å². The largest absolute Gasteiger partial charge is 0.394 e. The Bertz CT molecular complexity index is 1230. The van der Waals surface area contributed by atoms with Gasteiger partial charge in [-0.25, -0.2) is 0 Å². The maximum atomic E-state index is 14.3. The molecule has 3 heterocycles. The van der Waals surface area contributed by atoms with Crippen molar-refractivity contribution in [3.63, 3.8) is 0 Å². The number of nitrogens with zero attached hydrogens (tertiary/aromatic N) is 1. The van der Waals surface area contributed by atoms with Gasteiger partial charge in [-0.3, -0.25) is 14.4 Å². The number of aliphatic hydroxyl groups excluding tert-OH is 1. The highest BCUT2D eigenvalue weighted by Crippen LogP contribution is 2.68. The molecule has 5 rings (SSSR count). The normalized spacial score (nSPS) is 30.6. The number of carbonyl (C=O) groups excluding carboxylic acids is 3. The number of hydrogen-bond acceptors (Lipinski definition) is 5. The third-order valence-electron chi connectivity index (χ3n) is 8.54. The predicted octanol–water partition coefficient (Wildman–Crippen LogP) is 4.47. The Morgan fingerprint density at radius 3 is 2.51 bits per heavy atom. The number of halogens is 2. The monoisotopic (exact) mass is 633 g/mol. The van der Waals surface area contributed by atoms with E-state index < -0.39 is 28.7 Å². The lowest BCUT2D eigenvalue weighted by atomic mass is 9.70. The molecule has 3 aliphatic rings. The standard InChI is InChI=1S/C29H33BrClN3O4S/c1-3-16(2)21(15-35)34-25(27(37)33-19-11-9-18(31)10-12-19)29-13-20(30)24(39-29)22(23(29)28(34)38)26(36)32-14-17-7-5-4-6-8-17/h4-12,16,20-25,35H,3,13-15H2,1-2H3,(H,32,36)(H,33,37)/t16-,20?,21-,22+,23-,24+,25?,29?/m0/s1. The maximum absolute atomic E-state index is 14.3. The molecule has 3 saturated heterocycles. The second-order valence-electron chi connectivity index (χ2n) is 10.7. The van der Waals surface area contributed by atoms with Gasteiger partial charge in [0.15, 0.2) is 0 Å². The molecule has 208 valence electrons. The molecule has 8 atom stereocenters. The molecule has 3 fully saturated rings. The fourth-order valence-corrected chi connectivity index (χ4v) is 10.2. The molecule has 2 aromatic rings. The molecule has 10 heteroatoms. The zero-order valence-corrected chi connectivity index (χ0v) is 25.0. The van der Waals surface area contributed by atoms with E-state index in [2.05, 4.69) is 26.6 Å². The Balaban J connectivity index is 1.50. The third-order valence-corrected chi connectivity index (χ3v) is 12.0. The Hall–Kier alpha value is -2.07. The number of aliphatic hydroxyl groups is 1. The number of likely N-dealkylation sites (tertiary alicyclic amines) is 1. The van der Waals surface area contributed by atoms with E-state index in [1.165, 1.54) is 0 Å². The van der Waals surface area contributed by atoms with E-state index in [-0.39, 0.29) is 40.3 Å². The summed E-state index contributed by atoms with van der Waals surface area (Å²) < 4.78 is -0.790. The molecule has 3 amide bonds. The van der Waals surface area contributed by atoms with Crippen molar-refractivity contribution in [2.24, 2.45) is 17.8 Å². The van der Waals surface area contributed by atoms with Crippen LogP contribution in [0.2, 0.25) is 5.02 Å². The fourth-order valence-electron chi connectivity index (χ4n) is 6.49. The molecule has 3 unspecified atom stereocenters. The molecule has 0 radical (unpaired) electrons. The summed E-state index contributed by atoms with van der Waals surface area (Å²) in [5.74, 6) is -1.99. The lowest BCUT2D eigenvalue weighted by Gasteiger charge is -2.39. The van der Waals surface area contributed by atoms with Crippen LogP contribution >= 0.6 is 39.3 Å². The van der Waals surface area contributed by atoms with Crippen LogP contribution < -0.4 is 10.6 Å². The van der Waals surface area contributed by atoms with Gasteiger partial charge < -0.3 is 20.6 Å². The molecule has 0 aromatic heterocycles. The zero-order chi connectivity index (χ0) is 27.9. The topological polar surface area (TPSA) is 98.7 Å². The first-order valence-electron chi connectivity index (χ1n) is 13.3. The van der Waals surface area contributed by atoms with E-state index in [1.54, 1.807) is 40.9 Å². The van der Waals surface area contributed by atoms with Crippen molar-refractivity contribution in [2.75, 3.05) is 11.9 Å². The number of anilines is 1. The Morgan fingerprint density at radius 1 is 1.18 bits per heavy atom. The van der Waals surface area contributed by atoms with Crippen LogP contribution in [0, 0.1) is 17.8 Å². The number of rotatable bonds is 9. The van der Waals surface area contributed by atoms with Crippen molar-refractivity contribution in [2.45, 2.75) is 60.1 Å². The summed E-state index contributed by atoms with van der Waals surface area (Å²) >= 11 is 11.4. The molecule has 3 aliphatic heterocycles. The molecule has 0 aliphatic carbocycles. The van der Waals surface area contributed by atoms with Crippen LogP contribution in [-0.4, -0.2) is 61.2 Å². The highest BCUT2D eigenvalue weighted by Gasteiger charge is 2.76. The highest BCUT2D eigenvalue weighted by atomic mass is 79.9. The molecule has 2 bridgehead atoms. The van der Waals surface area contributed by atoms with Gasteiger partial charge in [0, 0.05) is 27.3 Å². The molecule has 0 saturated carbocycles. The first kappa shape index (κ1) is 28.5. The number of nitrogens with one attached hydrogen (secondary N) is 2. The second-order valence-corrected chi connectivity index (χ2v) is 13.9. The molecule has 3 N–H and O–H groups in total. The van der Waals surface area contributed by atoms with Gasteiger partial charge in [0.2, 0.25) is 17.7 Å². The number of carbonyl (C=O) groups is 3. The SMILES string of the molecule is CC[C@H](C)[C@H](CO)N1C(=O)[C@@H]2[C@@H](C(=O)NCc3ccccc3)[C@@H]3SC2(CC3Br)C1C(=O)Nc1ccc(Cl)cc1.